The van der Waals surface area contributed by atoms with E-state index in [4.69, 9.17) is 13.9 Å². The summed E-state index contributed by atoms with van der Waals surface area (Å²) in [5, 5.41) is 0. The lowest BCUT2D eigenvalue weighted by Gasteiger charge is -2.21. The zero-order valence-electron chi connectivity index (χ0n) is 17.8. The third-order valence-corrected chi connectivity index (χ3v) is 4.95. The van der Waals surface area contributed by atoms with Gasteiger partial charge < -0.3 is 18.8 Å². The third kappa shape index (κ3) is 5.41. The second-order valence-electron chi connectivity index (χ2n) is 6.94. The topological polar surface area (TPSA) is 64.8 Å². The van der Waals surface area contributed by atoms with Gasteiger partial charge >= 0.3 is 0 Å². The van der Waals surface area contributed by atoms with Crippen molar-refractivity contribution in [3.05, 3.63) is 66.2 Å². The monoisotopic (exact) mass is 408 g/mol. The van der Waals surface area contributed by atoms with Crippen LogP contribution in [-0.4, -0.2) is 36.6 Å². The molecule has 0 radical (unpaired) electrons. The van der Waals surface area contributed by atoms with E-state index in [1.165, 1.54) is 0 Å². The Morgan fingerprint density at radius 2 is 1.83 bits per heavy atom. The third-order valence-electron chi connectivity index (χ3n) is 4.95. The van der Waals surface area contributed by atoms with Gasteiger partial charge in [0, 0.05) is 31.5 Å². The summed E-state index contributed by atoms with van der Waals surface area (Å²) in [5.74, 6) is 2.86. The minimum atomic E-state index is 0.113. The van der Waals surface area contributed by atoms with E-state index >= 15 is 0 Å². The summed E-state index contributed by atoms with van der Waals surface area (Å²) in [6.07, 6.45) is 3.51. The molecule has 1 amide bonds. The van der Waals surface area contributed by atoms with Crippen molar-refractivity contribution < 1.29 is 18.7 Å². The molecule has 0 saturated heterocycles. The first-order chi connectivity index (χ1) is 14.6. The highest BCUT2D eigenvalue weighted by atomic mass is 16.5. The molecule has 0 N–H and O–H groups in total. The second-order valence-corrected chi connectivity index (χ2v) is 6.94. The quantitative estimate of drug-likeness (QED) is 0.485. The van der Waals surface area contributed by atoms with Gasteiger partial charge in [0.05, 0.1) is 20.4 Å². The van der Waals surface area contributed by atoms with E-state index in [0.29, 0.717) is 49.7 Å². The van der Waals surface area contributed by atoms with Gasteiger partial charge in [0.25, 0.3) is 0 Å². The van der Waals surface area contributed by atoms with E-state index in [0.717, 1.165) is 16.9 Å². The van der Waals surface area contributed by atoms with Crippen molar-refractivity contribution in [1.82, 2.24) is 9.88 Å². The van der Waals surface area contributed by atoms with Gasteiger partial charge in [-0.1, -0.05) is 36.4 Å². The van der Waals surface area contributed by atoms with Crippen LogP contribution >= 0.6 is 0 Å². The molecule has 3 aromatic rings. The standard InChI is InChI=1S/C24H28N2O4/c1-4-26(17-18-13-14-20(28-2)21(15-18)29-3)24(27)12-8-11-23-25-16-22(30-23)19-9-6-5-7-10-19/h5-7,9-10,13-16H,4,8,11-12,17H2,1-3H3. The highest BCUT2D eigenvalue weighted by Gasteiger charge is 2.14. The number of ether oxygens (including phenoxy) is 2. The fourth-order valence-electron chi connectivity index (χ4n) is 3.29. The predicted octanol–water partition coefficient (Wildman–Crippen LogP) is 4.73. The van der Waals surface area contributed by atoms with Crippen molar-refractivity contribution in [3.63, 3.8) is 0 Å². The van der Waals surface area contributed by atoms with Crippen LogP contribution in [0.4, 0.5) is 0 Å². The summed E-state index contributed by atoms with van der Waals surface area (Å²) < 4.78 is 16.4. The van der Waals surface area contributed by atoms with Crippen LogP contribution in [0.3, 0.4) is 0 Å². The van der Waals surface area contributed by atoms with Gasteiger partial charge in [0.15, 0.2) is 23.1 Å². The largest absolute Gasteiger partial charge is 0.493 e. The molecule has 0 bridgehead atoms. The van der Waals surface area contributed by atoms with E-state index in [-0.39, 0.29) is 5.91 Å². The van der Waals surface area contributed by atoms with Gasteiger partial charge in [0.2, 0.25) is 5.91 Å². The number of hydrogen-bond acceptors (Lipinski definition) is 5. The molecule has 0 saturated carbocycles. The molecule has 1 aromatic heterocycles. The number of oxazole rings is 1. The molecule has 0 spiro atoms. The van der Waals surface area contributed by atoms with Crippen LogP contribution in [0, 0.1) is 0 Å². The van der Waals surface area contributed by atoms with Crippen molar-refractivity contribution in [2.45, 2.75) is 32.7 Å². The van der Waals surface area contributed by atoms with Gasteiger partial charge in [0.1, 0.15) is 0 Å². The number of carbonyl (C=O) groups excluding carboxylic acids is 1. The number of rotatable bonds is 10. The van der Waals surface area contributed by atoms with Crippen molar-refractivity contribution in [2.75, 3.05) is 20.8 Å². The molecule has 158 valence electrons. The van der Waals surface area contributed by atoms with Crippen molar-refractivity contribution in [1.29, 1.82) is 0 Å². The van der Waals surface area contributed by atoms with E-state index in [1.54, 1.807) is 20.4 Å². The Morgan fingerprint density at radius 3 is 2.53 bits per heavy atom. The fourth-order valence-corrected chi connectivity index (χ4v) is 3.29. The number of amides is 1. The smallest absolute Gasteiger partial charge is 0.222 e. The maximum atomic E-state index is 12.7. The Bertz CT molecular complexity index is 953. The molecular weight excluding hydrogens is 380 g/mol. The van der Waals surface area contributed by atoms with E-state index < -0.39 is 0 Å². The van der Waals surface area contributed by atoms with Gasteiger partial charge in [-0.15, -0.1) is 0 Å². The molecule has 2 aromatic carbocycles. The van der Waals surface area contributed by atoms with E-state index in [1.807, 2.05) is 60.4 Å². The summed E-state index contributed by atoms with van der Waals surface area (Å²) in [6, 6.07) is 15.6. The number of carbonyl (C=O) groups is 1. The molecule has 0 aliphatic rings. The molecule has 3 rings (SSSR count). The summed E-state index contributed by atoms with van der Waals surface area (Å²) in [6.45, 7) is 3.16. The Labute approximate surface area is 177 Å². The molecule has 0 aliphatic carbocycles. The number of benzene rings is 2. The zero-order valence-corrected chi connectivity index (χ0v) is 17.8. The van der Waals surface area contributed by atoms with Gasteiger partial charge in [-0.25, -0.2) is 4.98 Å². The highest BCUT2D eigenvalue weighted by molar-refractivity contribution is 5.76. The van der Waals surface area contributed by atoms with Crippen LogP contribution in [0.15, 0.2) is 59.1 Å². The lowest BCUT2D eigenvalue weighted by molar-refractivity contribution is -0.131. The van der Waals surface area contributed by atoms with Crippen molar-refractivity contribution in [2.24, 2.45) is 0 Å². The molecule has 30 heavy (non-hydrogen) atoms. The van der Waals surface area contributed by atoms with Crippen LogP contribution in [0.2, 0.25) is 0 Å². The van der Waals surface area contributed by atoms with Crippen LogP contribution in [0.1, 0.15) is 31.2 Å². The minimum absolute atomic E-state index is 0.113. The Morgan fingerprint density at radius 1 is 1.07 bits per heavy atom. The molecule has 0 fully saturated rings. The molecule has 6 heteroatoms. The van der Waals surface area contributed by atoms with Crippen LogP contribution in [0.25, 0.3) is 11.3 Å². The number of aromatic nitrogens is 1. The molecule has 6 nitrogen and oxygen atoms in total. The summed E-state index contributed by atoms with van der Waals surface area (Å²) in [5.41, 5.74) is 2.00. The van der Waals surface area contributed by atoms with E-state index in [2.05, 4.69) is 4.98 Å². The first kappa shape index (κ1) is 21.4. The van der Waals surface area contributed by atoms with Gasteiger partial charge in [-0.3, -0.25) is 4.79 Å². The summed E-state index contributed by atoms with van der Waals surface area (Å²) in [7, 11) is 3.21. The highest BCUT2D eigenvalue weighted by Crippen LogP contribution is 2.28. The maximum Gasteiger partial charge on any atom is 0.222 e. The first-order valence-electron chi connectivity index (χ1n) is 10.1. The zero-order chi connectivity index (χ0) is 21.3. The maximum absolute atomic E-state index is 12.7. The number of methoxy groups -OCH3 is 2. The number of hydrogen-bond donors (Lipinski definition) is 0. The second kappa shape index (κ2) is 10.5. The van der Waals surface area contributed by atoms with Crippen molar-refractivity contribution in [3.8, 4) is 22.8 Å². The van der Waals surface area contributed by atoms with Gasteiger partial charge in [-0.05, 0) is 31.0 Å². The molecule has 0 aliphatic heterocycles. The minimum Gasteiger partial charge on any atom is -0.493 e. The average molecular weight is 408 g/mol. The Kier molecular flexibility index (Phi) is 7.49. The number of nitrogens with zero attached hydrogens (tertiary/aromatic N) is 2. The van der Waals surface area contributed by atoms with Gasteiger partial charge in [-0.2, -0.15) is 0 Å². The average Bonchev–Trinajstić information content (AvgIpc) is 3.26. The first-order valence-corrected chi connectivity index (χ1v) is 10.1. The molecule has 1 heterocycles. The Hall–Kier alpha value is -3.28. The van der Waals surface area contributed by atoms with E-state index in [9.17, 15) is 4.79 Å². The Balaban J connectivity index is 1.53. The fraction of sp³-hybridized carbons (Fsp3) is 0.333. The van der Waals surface area contributed by atoms with Crippen LogP contribution in [-0.2, 0) is 17.8 Å². The van der Waals surface area contributed by atoms with Crippen LogP contribution in [0.5, 0.6) is 11.5 Å². The molecule has 0 atom stereocenters. The van der Waals surface area contributed by atoms with Crippen molar-refractivity contribution >= 4 is 5.91 Å². The summed E-state index contributed by atoms with van der Waals surface area (Å²) >= 11 is 0. The summed E-state index contributed by atoms with van der Waals surface area (Å²) in [4.78, 5) is 18.9. The molecule has 0 unspecified atom stereocenters. The predicted molar refractivity (Wildman–Crippen MR) is 116 cm³/mol. The number of aryl methyl sites for hydroxylation is 1. The lowest BCUT2D eigenvalue weighted by atomic mass is 10.1. The lowest BCUT2D eigenvalue weighted by Crippen LogP contribution is -2.30. The SMILES string of the molecule is CCN(Cc1ccc(OC)c(OC)c1)C(=O)CCCc1ncc(-c2ccccc2)o1. The molecular formula is C24H28N2O4. The normalized spacial score (nSPS) is 10.6. The van der Waals surface area contributed by atoms with Crippen LogP contribution < -0.4 is 9.47 Å².